The second-order valence-corrected chi connectivity index (χ2v) is 6.71. The molecule has 0 aromatic heterocycles. The highest BCUT2D eigenvalue weighted by molar-refractivity contribution is 6.30. The molecule has 1 nitrogen and oxygen atoms in total. The van der Waals surface area contributed by atoms with Gasteiger partial charge in [0.1, 0.15) is 0 Å². The third kappa shape index (κ3) is 3.40. The molecule has 0 bridgehead atoms. The van der Waals surface area contributed by atoms with E-state index in [4.69, 9.17) is 11.6 Å². The zero-order chi connectivity index (χ0) is 14.0. The molecule has 104 valence electrons. The molecule has 1 atom stereocenters. The Hall–Kier alpha value is -0.790. The molecule has 0 aliphatic heterocycles. The normalized spacial score (nSPS) is 20.5. The topological polar surface area (TPSA) is 20.2 Å². The van der Waals surface area contributed by atoms with Gasteiger partial charge in [0.15, 0.2) is 0 Å². The highest BCUT2D eigenvalue weighted by atomic mass is 35.5. The Morgan fingerprint density at radius 2 is 2.11 bits per heavy atom. The van der Waals surface area contributed by atoms with Gasteiger partial charge < -0.3 is 5.11 Å². The van der Waals surface area contributed by atoms with E-state index in [1.54, 1.807) is 0 Å². The van der Waals surface area contributed by atoms with Crippen LogP contribution in [0.5, 0.6) is 0 Å². The van der Waals surface area contributed by atoms with E-state index in [2.05, 4.69) is 20.8 Å². The molecule has 0 fully saturated rings. The molecule has 2 heteroatoms. The van der Waals surface area contributed by atoms with E-state index in [-0.39, 0.29) is 5.41 Å². The molecule has 2 rings (SSSR count). The maximum atomic E-state index is 10.5. The van der Waals surface area contributed by atoms with Gasteiger partial charge in [-0.3, -0.25) is 0 Å². The molecule has 1 aliphatic carbocycles. The van der Waals surface area contributed by atoms with Gasteiger partial charge in [-0.1, -0.05) is 48.7 Å². The average Bonchev–Trinajstić information content (AvgIpc) is 2.33. The summed E-state index contributed by atoms with van der Waals surface area (Å²) in [4.78, 5) is 0. The Balaban J connectivity index is 2.20. The van der Waals surface area contributed by atoms with Crippen LogP contribution < -0.4 is 0 Å². The summed E-state index contributed by atoms with van der Waals surface area (Å²) >= 11 is 5.99. The van der Waals surface area contributed by atoms with Gasteiger partial charge in [-0.05, 0) is 55.7 Å². The Bertz CT molecular complexity index is 488. The van der Waals surface area contributed by atoms with E-state index < -0.39 is 6.10 Å². The summed E-state index contributed by atoms with van der Waals surface area (Å²) in [5.74, 6) is 0. The minimum absolute atomic E-state index is 0.210. The molecule has 1 aromatic rings. The van der Waals surface area contributed by atoms with Gasteiger partial charge in [-0.25, -0.2) is 0 Å². The molecule has 0 radical (unpaired) electrons. The zero-order valence-electron chi connectivity index (χ0n) is 12.0. The van der Waals surface area contributed by atoms with E-state index in [1.165, 1.54) is 30.4 Å². The van der Waals surface area contributed by atoms with Crippen LogP contribution in [-0.2, 0) is 0 Å². The van der Waals surface area contributed by atoms with Crippen molar-refractivity contribution in [2.45, 2.75) is 52.6 Å². The van der Waals surface area contributed by atoms with Crippen molar-refractivity contribution in [3.8, 4) is 0 Å². The number of allylic oxidation sites excluding steroid dienone is 1. The van der Waals surface area contributed by atoms with Gasteiger partial charge in [0.05, 0.1) is 6.10 Å². The van der Waals surface area contributed by atoms with Crippen molar-refractivity contribution in [1.82, 2.24) is 0 Å². The standard InChI is InChI=1S/C17H23ClO/c1-12-6-5-9-17(2,3)15(12)11-16(19)13-7-4-8-14(18)10-13/h4,7-8,10,16,19H,5-6,9,11H2,1-3H3. The fourth-order valence-corrected chi connectivity index (χ4v) is 3.35. The summed E-state index contributed by atoms with van der Waals surface area (Å²) in [6.07, 6.45) is 3.90. The Labute approximate surface area is 121 Å². The summed E-state index contributed by atoms with van der Waals surface area (Å²) in [7, 11) is 0. The smallest absolute Gasteiger partial charge is 0.0827 e. The minimum Gasteiger partial charge on any atom is -0.388 e. The molecule has 1 aliphatic rings. The summed E-state index contributed by atoms with van der Waals surface area (Å²) in [5, 5.41) is 11.1. The van der Waals surface area contributed by atoms with E-state index in [0.717, 1.165) is 12.0 Å². The van der Waals surface area contributed by atoms with Crippen LogP contribution in [0.15, 0.2) is 35.4 Å². The van der Waals surface area contributed by atoms with Gasteiger partial charge in [0.2, 0.25) is 0 Å². The van der Waals surface area contributed by atoms with Crippen molar-refractivity contribution in [1.29, 1.82) is 0 Å². The average molecular weight is 279 g/mol. The summed E-state index contributed by atoms with van der Waals surface area (Å²) in [6.45, 7) is 6.78. The first-order valence-electron chi connectivity index (χ1n) is 7.03. The van der Waals surface area contributed by atoms with Crippen molar-refractivity contribution in [3.05, 3.63) is 46.0 Å². The Morgan fingerprint density at radius 1 is 1.37 bits per heavy atom. The van der Waals surface area contributed by atoms with Crippen molar-refractivity contribution < 1.29 is 5.11 Å². The van der Waals surface area contributed by atoms with Crippen molar-refractivity contribution >= 4 is 11.6 Å². The number of halogens is 1. The maximum absolute atomic E-state index is 10.5. The summed E-state index contributed by atoms with van der Waals surface area (Å²) in [6, 6.07) is 7.54. The Kier molecular flexibility index (Phi) is 4.37. The lowest BCUT2D eigenvalue weighted by Crippen LogP contribution is -2.22. The molecule has 1 N–H and O–H groups in total. The van der Waals surface area contributed by atoms with E-state index in [0.29, 0.717) is 5.02 Å². The second kappa shape index (κ2) is 5.68. The van der Waals surface area contributed by atoms with Crippen LogP contribution in [0.3, 0.4) is 0 Å². The minimum atomic E-state index is -0.457. The molecule has 0 spiro atoms. The maximum Gasteiger partial charge on any atom is 0.0827 e. The molecule has 0 amide bonds. The summed E-state index contributed by atoms with van der Waals surface area (Å²) in [5.41, 5.74) is 4.00. The fraction of sp³-hybridized carbons (Fsp3) is 0.529. The molecular weight excluding hydrogens is 256 g/mol. The number of hydrogen-bond donors (Lipinski definition) is 1. The predicted octanol–water partition coefficient (Wildman–Crippen LogP) is 5.29. The first-order chi connectivity index (χ1) is 8.90. The molecule has 1 aromatic carbocycles. The molecule has 0 saturated heterocycles. The van der Waals surface area contributed by atoms with Crippen LogP contribution in [0, 0.1) is 5.41 Å². The quantitative estimate of drug-likeness (QED) is 0.745. The zero-order valence-corrected chi connectivity index (χ0v) is 12.8. The third-order valence-electron chi connectivity index (χ3n) is 4.32. The lowest BCUT2D eigenvalue weighted by atomic mass is 9.70. The van der Waals surface area contributed by atoms with Gasteiger partial charge in [-0.2, -0.15) is 0 Å². The number of aliphatic hydroxyl groups excluding tert-OH is 1. The number of aliphatic hydroxyl groups is 1. The van der Waals surface area contributed by atoms with Crippen LogP contribution >= 0.6 is 11.6 Å². The highest BCUT2D eigenvalue weighted by Crippen LogP contribution is 2.44. The lowest BCUT2D eigenvalue weighted by molar-refractivity contribution is 0.166. The molecular formula is C17H23ClO. The van der Waals surface area contributed by atoms with Crippen LogP contribution in [0.2, 0.25) is 5.02 Å². The number of rotatable bonds is 3. The van der Waals surface area contributed by atoms with Crippen molar-refractivity contribution in [3.63, 3.8) is 0 Å². The predicted molar refractivity (Wildman–Crippen MR) is 81.4 cm³/mol. The molecule has 0 heterocycles. The second-order valence-electron chi connectivity index (χ2n) is 6.27. The van der Waals surface area contributed by atoms with Gasteiger partial charge in [-0.15, -0.1) is 0 Å². The number of benzene rings is 1. The van der Waals surface area contributed by atoms with Crippen LogP contribution in [0.4, 0.5) is 0 Å². The van der Waals surface area contributed by atoms with E-state index >= 15 is 0 Å². The van der Waals surface area contributed by atoms with E-state index in [9.17, 15) is 5.11 Å². The number of hydrogen-bond acceptors (Lipinski definition) is 1. The molecule has 0 saturated carbocycles. The van der Waals surface area contributed by atoms with Gasteiger partial charge >= 0.3 is 0 Å². The monoisotopic (exact) mass is 278 g/mol. The lowest BCUT2D eigenvalue weighted by Gasteiger charge is -2.35. The fourth-order valence-electron chi connectivity index (χ4n) is 3.15. The highest BCUT2D eigenvalue weighted by Gasteiger charge is 2.29. The van der Waals surface area contributed by atoms with E-state index in [1.807, 2.05) is 24.3 Å². The summed E-state index contributed by atoms with van der Waals surface area (Å²) < 4.78 is 0. The van der Waals surface area contributed by atoms with Gasteiger partial charge in [0.25, 0.3) is 0 Å². The van der Waals surface area contributed by atoms with Crippen LogP contribution in [0.25, 0.3) is 0 Å². The van der Waals surface area contributed by atoms with Crippen molar-refractivity contribution in [2.75, 3.05) is 0 Å². The largest absolute Gasteiger partial charge is 0.388 e. The third-order valence-corrected chi connectivity index (χ3v) is 4.55. The van der Waals surface area contributed by atoms with Gasteiger partial charge in [0, 0.05) is 5.02 Å². The first kappa shape index (κ1) is 14.6. The van der Waals surface area contributed by atoms with Crippen molar-refractivity contribution in [2.24, 2.45) is 5.41 Å². The Morgan fingerprint density at radius 3 is 2.74 bits per heavy atom. The molecule has 1 unspecified atom stereocenters. The first-order valence-corrected chi connectivity index (χ1v) is 7.40. The molecule has 19 heavy (non-hydrogen) atoms. The van der Waals surface area contributed by atoms with Crippen LogP contribution in [-0.4, -0.2) is 5.11 Å². The SMILES string of the molecule is CC1=C(CC(O)c2cccc(Cl)c2)C(C)(C)CCC1. The van der Waals surface area contributed by atoms with Crippen LogP contribution in [0.1, 0.15) is 58.1 Å².